The second kappa shape index (κ2) is 12.7. The van der Waals surface area contributed by atoms with Crippen LogP contribution in [-0.4, -0.2) is 93.3 Å². The molecule has 252 valence electrons. The van der Waals surface area contributed by atoms with E-state index in [4.69, 9.17) is 19.2 Å². The largest absolute Gasteiger partial charge is 0.497 e. The van der Waals surface area contributed by atoms with E-state index in [1.165, 1.54) is 19.2 Å². The van der Waals surface area contributed by atoms with Gasteiger partial charge in [-0.2, -0.15) is 13.2 Å². The molecule has 14 heteroatoms. The van der Waals surface area contributed by atoms with Crippen LogP contribution in [0.15, 0.2) is 54.7 Å². The molecule has 0 spiro atoms. The quantitative estimate of drug-likeness (QED) is 0.233. The monoisotopic (exact) mass is 663 g/mol. The Morgan fingerprint density at radius 2 is 1.90 bits per heavy atom. The predicted octanol–water partition coefficient (Wildman–Crippen LogP) is 5.46. The number of hydrogen-bond donors (Lipinski definition) is 1. The topological polar surface area (TPSA) is 111 Å². The highest BCUT2D eigenvalue weighted by Crippen LogP contribution is 2.38. The van der Waals surface area contributed by atoms with E-state index in [2.05, 4.69) is 26.9 Å². The first-order valence-corrected chi connectivity index (χ1v) is 15.8. The van der Waals surface area contributed by atoms with E-state index in [0.29, 0.717) is 61.3 Å². The highest BCUT2D eigenvalue weighted by atomic mass is 19.4. The molecule has 2 aromatic carbocycles. The number of nitrogens with zero attached hydrogens (tertiary/aromatic N) is 6. The van der Waals surface area contributed by atoms with Crippen LogP contribution in [0, 0.1) is 0 Å². The molecule has 1 N–H and O–H groups in total. The van der Waals surface area contributed by atoms with Gasteiger partial charge < -0.3 is 28.7 Å². The first-order valence-electron chi connectivity index (χ1n) is 15.8. The lowest BCUT2D eigenvalue weighted by atomic mass is 9.94. The molecule has 2 saturated heterocycles. The van der Waals surface area contributed by atoms with E-state index in [-0.39, 0.29) is 23.1 Å². The Balaban J connectivity index is 1.24. The van der Waals surface area contributed by atoms with Gasteiger partial charge in [0, 0.05) is 36.7 Å². The fourth-order valence-electron chi connectivity index (χ4n) is 6.94. The van der Waals surface area contributed by atoms with E-state index in [0.717, 1.165) is 21.9 Å². The molecule has 3 aromatic heterocycles. The molecule has 5 aromatic rings. The molecule has 5 heterocycles. The first kappa shape index (κ1) is 31.9. The van der Waals surface area contributed by atoms with Crippen molar-refractivity contribution >= 4 is 27.8 Å². The van der Waals surface area contributed by atoms with Crippen LogP contribution in [0.25, 0.3) is 33.2 Å². The maximum absolute atomic E-state index is 14.2. The maximum Gasteiger partial charge on any atom is 0.449 e. The van der Waals surface area contributed by atoms with Crippen LogP contribution in [0.1, 0.15) is 37.0 Å². The molecule has 1 unspecified atom stereocenters. The van der Waals surface area contributed by atoms with E-state index in [9.17, 15) is 18.0 Å². The van der Waals surface area contributed by atoms with Crippen molar-refractivity contribution in [2.24, 2.45) is 0 Å². The number of pyridine rings is 1. The summed E-state index contributed by atoms with van der Waals surface area (Å²) in [6.45, 7) is 1.11. The molecule has 1 amide bonds. The summed E-state index contributed by atoms with van der Waals surface area (Å²) < 4.78 is 60.2. The van der Waals surface area contributed by atoms with Crippen LogP contribution < -0.4 is 9.47 Å². The Hall–Kier alpha value is -4.69. The number of methoxy groups -OCH3 is 2. The van der Waals surface area contributed by atoms with E-state index < -0.39 is 30.5 Å². The number of carbonyl (C=O) groups is 1. The zero-order chi connectivity index (χ0) is 33.6. The summed E-state index contributed by atoms with van der Waals surface area (Å²) in [6, 6.07) is 14.0. The van der Waals surface area contributed by atoms with E-state index in [1.54, 1.807) is 24.3 Å². The number of amides is 1. The number of piperidine rings is 1. The average Bonchev–Trinajstić information content (AvgIpc) is 3.88. The lowest BCUT2D eigenvalue weighted by molar-refractivity contribution is -0.148. The van der Waals surface area contributed by atoms with Crippen molar-refractivity contribution in [2.45, 2.75) is 50.1 Å². The number of nitrogens with one attached hydrogen (secondary N) is 1. The molecular formula is C34H36F3N7O4. The van der Waals surface area contributed by atoms with Crippen LogP contribution in [0.3, 0.4) is 0 Å². The van der Waals surface area contributed by atoms with Gasteiger partial charge in [-0.15, -0.1) is 0 Å². The summed E-state index contributed by atoms with van der Waals surface area (Å²) in [4.78, 5) is 34.7. The second-order valence-electron chi connectivity index (χ2n) is 12.3. The molecule has 3 atom stereocenters. The number of rotatable bonds is 8. The van der Waals surface area contributed by atoms with Gasteiger partial charge in [-0.05, 0) is 50.6 Å². The van der Waals surface area contributed by atoms with Gasteiger partial charge in [-0.3, -0.25) is 9.69 Å². The standard InChI is InChI=1S/C34H36F3N7O4/c1-42(22-11-13-48-19-22)21-10-12-43(30(45)18-44-28-16-23(46-2)8-9-26(28)41-33(44)34(35,36)37)29(15-21)31-38-17-27(39-31)24-14-20-6-4-5-7-25(20)40-32(24)47-3/h4-9,14,16-17,21-22,29H,10-13,15,18-19H2,1-3H3,(H,38,39)/t21-,22?,29-/m0/s1. The number of likely N-dealkylation sites (N-methyl/N-ethyl adjacent to an activating group) is 1. The Morgan fingerprint density at radius 3 is 2.65 bits per heavy atom. The number of para-hydroxylation sites is 1. The molecule has 0 aliphatic carbocycles. The molecule has 0 saturated carbocycles. The molecular weight excluding hydrogens is 627 g/mol. The Bertz CT molecular complexity index is 1950. The molecule has 0 bridgehead atoms. The molecule has 7 rings (SSSR count). The lowest BCUT2D eigenvalue weighted by Gasteiger charge is -2.43. The van der Waals surface area contributed by atoms with Gasteiger partial charge in [0.25, 0.3) is 0 Å². The van der Waals surface area contributed by atoms with Crippen molar-refractivity contribution in [3.05, 3.63) is 66.4 Å². The van der Waals surface area contributed by atoms with Crippen molar-refractivity contribution in [2.75, 3.05) is 41.0 Å². The zero-order valence-electron chi connectivity index (χ0n) is 26.8. The summed E-state index contributed by atoms with van der Waals surface area (Å²) in [5.74, 6) is -0.295. The Labute approximate surface area is 274 Å². The number of benzene rings is 2. The number of carbonyl (C=O) groups excluding carboxylic acids is 1. The van der Waals surface area contributed by atoms with Gasteiger partial charge in [-0.1, -0.05) is 18.2 Å². The summed E-state index contributed by atoms with van der Waals surface area (Å²) >= 11 is 0. The van der Waals surface area contributed by atoms with Crippen molar-refractivity contribution in [3.63, 3.8) is 0 Å². The number of H-pyrrole nitrogens is 1. The minimum absolute atomic E-state index is 0.0974. The van der Waals surface area contributed by atoms with Crippen molar-refractivity contribution in [1.82, 2.24) is 34.3 Å². The zero-order valence-corrected chi connectivity index (χ0v) is 26.8. The number of hydrogen-bond acceptors (Lipinski definition) is 8. The van der Waals surface area contributed by atoms with Gasteiger partial charge in [0.15, 0.2) is 0 Å². The van der Waals surface area contributed by atoms with Gasteiger partial charge in [0.2, 0.25) is 17.6 Å². The summed E-state index contributed by atoms with van der Waals surface area (Å²) in [7, 11) is 5.05. The smallest absolute Gasteiger partial charge is 0.449 e. The van der Waals surface area contributed by atoms with Crippen LogP contribution in [0.4, 0.5) is 13.2 Å². The van der Waals surface area contributed by atoms with Gasteiger partial charge in [0.05, 0.1) is 60.9 Å². The molecule has 2 aliphatic rings. The third-order valence-corrected chi connectivity index (χ3v) is 9.54. The van der Waals surface area contributed by atoms with Crippen molar-refractivity contribution in [1.29, 1.82) is 0 Å². The highest BCUT2D eigenvalue weighted by Gasteiger charge is 2.41. The van der Waals surface area contributed by atoms with Gasteiger partial charge in [-0.25, -0.2) is 15.0 Å². The van der Waals surface area contributed by atoms with Crippen molar-refractivity contribution < 1.29 is 32.2 Å². The van der Waals surface area contributed by atoms with E-state index >= 15 is 0 Å². The fraction of sp³-hybridized carbons (Fsp3) is 0.412. The van der Waals surface area contributed by atoms with Crippen LogP contribution in [-0.2, 0) is 22.3 Å². The summed E-state index contributed by atoms with van der Waals surface area (Å²) in [6.07, 6.45) is -0.994. The number of aromatic nitrogens is 5. The minimum Gasteiger partial charge on any atom is -0.497 e. The molecule has 11 nitrogen and oxygen atoms in total. The fourth-order valence-corrected chi connectivity index (χ4v) is 6.94. The van der Waals surface area contributed by atoms with E-state index in [1.807, 2.05) is 30.3 Å². The maximum atomic E-state index is 14.2. The third-order valence-electron chi connectivity index (χ3n) is 9.54. The number of likely N-dealkylation sites (tertiary alicyclic amines) is 1. The highest BCUT2D eigenvalue weighted by molar-refractivity contribution is 5.85. The molecule has 0 radical (unpaired) electrons. The van der Waals surface area contributed by atoms with Crippen molar-refractivity contribution in [3.8, 4) is 22.9 Å². The van der Waals surface area contributed by atoms with Gasteiger partial charge in [0.1, 0.15) is 18.1 Å². The summed E-state index contributed by atoms with van der Waals surface area (Å²) in [5, 5.41) is 0.920. The van der Waals surface area contributed by atoms with Crippen LogP contribution in [0.5, 0.6) is 11.6 Å². The number of ether oxygens (including phenoxy) is 3. The van der Waals surface area contributed by atoms with Crippen LogP contribution in [0.2, 0.25) is 0 Å². The minimum atomic E-state index is -4.77. The normalized spacial score (nSPS) is 20.2. The number of fused-ring (bicyclic) bond motifs is 2. The Morgan fingerprint density at radius 1 is 1.06 bits per heavy atom. The number of alkyl halides is 3. The number of halogens is 3. The molecule has 2 fully saturated rings. The number of imidazole rings is 2. The predicted molar refractivity (Wildman–Crippen MR) is 172 cm³/mol. The lowest BCUT2D eigenvalue weighted by Crippen LogP contribution is -2.51. The third kappa shape index (κ3) is 5.94. The van der Waals surface area contributed by atoms with Gasteiger partial charge >= 0.3 is 6.18 Å². The Kier molecular flexibility index (Phi) is 8.46. The summed E-state index contributed by atoms with van der Waals surface area (Å²) in [5.41, 5.74) is 2.43. The van der Waals surface area contributed by atoms with Crippen LogP contribution >= 0.6 is 0 Å². The first-order chi connectivity index (χ1) is 23.1. The molecule has 48 heavy (non-hydrogen) atoms. The SMILES string of the molecule is COc1ccc2nc(C(F)(F)F)n(CC(=O)N3CC[C@H](N(C)C4CCOC4)C[C@H]3c3ncc(-c4cc5ccccc5nc4OC)[nH]3)c2c1. The molecule has 2 aliphatic heterocycles. The number of aromatic amines is 1. The average molecular weight is 664 g/mol. The second-order valence-corrected chi connectivity index (χ2v) is 12.3.